The maximum atomic E-state index is 12.6. The Bertz CT molecular complexity index is 833. The van der Waals surface area contributed by atoms with Crippen LogP contribution >= 0.6 is 0 Å². The monoisotopic (exact) mass is 600 g/mol. The Labute approximate surface area is 235 Å². The standard InChI is InChI=1S/C22H44N6O13/c23-2-1-3-28(37)22(36)27-8-4-7(25)18(40-21-16(34)15(33)13(31)9(5-24)38-21)17(35)19(8)41-20-14(32)11(26)12(30)10(6-29)39-20/h7-21,29-35,37H,1-6,23-26H2,(H,27,36)/t7-,8+,9-,10-,11+,12-,13-,14-,15+,16-,17-,18+,19-,20-,21-/m1/s1. The fourth-order valence-corrected chi connectivity index (χ4v) is 5.07. The summed E-state index contributed by atoms with van der Waals surface area (Å²) in [6, 6.07) is -4.48. The third kappa shape index (κ3) is 7.59. The molecule has 17 N–H and O–H groups in total. The van der Waals surface area contributed by atoms with E-state index in [1.807, 2.05) is 0 Å². The highest BCUT2D eigenvalue weighted by molar-refractivity contribution is 5.73. The van der Waals surface area contributed by atoms with Gasteiger partial charge in [0.15, 0.2) is 12.6 Å². The van der Waals surface area contributed by atoms with E-state index in [9.17, 15) is 45.7 Å². The van der Waals surface area contributed by atoms with Gasteiger partial charge in [0.2, 0.25) is 0 Å². The van der Waals surface area contributed by atoms with Crippen molar-refractivity contribution in [2.75, 3.05) is 26.2 Å². The SMILES string of the molecule is NCCCN(O)C(=O)N[C@H]1C[C@@H](N)[C@H](O[C@H]2O[C@H](CN)[C@@H](O)[C@H](O)[C@H]2O)[C@@H](O)[C@@H]1O[C@H]1O[C@H](CO)[C@@H](O)[C@H](N)[C@H]1O. The molecule has 1 aliphatic carbocycles. The molecule has 15 atom stereocenters. The minimum atomic E-state index is -1.76. The molecule has 0 spiro atoms. The number of hydrogen-bond donors (Lipinski definition) is 13. The van der Waals surface area contributed by atoms with Crippen LogP contribution in [0, 0.1) is 0 Å². The molecule has 2 saturated heterocycles. The number of nitrogens with two attached hydrogens (primary N) is 4. The summed E-state index contributed by atoms with van der Waals surface area (Å²) in [5.74, 6) is 0. The summed E-state index contributed by atoms with van der Waals surface area (Å²) in [6.07, 6.45) is -18.1. The Hall–Kier alpha value is -1.37. The van der Waals surface area contributed by atoms with Crippen LogP contribution in [0.15, 0.2) is 0 Å². The van der Waals surface area contributed by atoms with Crippen molar-refractivity contribution in [2.24, 2.45) is 22.9 Å². The van der Waals surface area contributed by atoms with Gasteiger partial charge in [-0.3, -0.25) is 5.21 Å². The first-order chi connectivity index (χ1) is 19.4. The first kappa shape index (κ1) is 34.1. The highest BCUT2D eigenvalue weighted by Crippen LogP contribution is 2.32. The second kappa shape index (κ2) is 14.9. The fourth-order valence-electron chi connectivity index (χ4n) is 5.07. The van der Waals surface area contributed by atoms with Gasteiger partial charge in [-0.15, -0.1) is 0 Å². The van der Waals surface area contributed by atoms with Crippen LogP contribution < -0.4 is 28.3 Å². The van der Waals surface area contributed by atoms with Crippen LogP contribution in [0.5, 0.6) is 0 Å². The number of ether oxygens (including phenoxy) is 4. The maximum absolute atomic E-state index is 12.6. The van der Waals surface area contributed by atoms with Crippen molar-refractivity contribution in [1.82, 2.24) is 10.4 Å². The van der Waals surface area contributed by atoms with Gasteiger partial charge in [-0.1, -0.05) is 0 Å². The molecular weight excluding hydrogens is 556 g/mol. The Balaban J connectivity index is 1.84. The lowest BCUT2D eigenvalue weighted by Crippen LogP contribution is -2.69. The summed E-state index contributed by atoms with van der Waals surface area (Å²) < 4.78 is 22.5. The summed E-state index contributed by atoms with van der Waals surface area (Å²) in [7, 11) is 0. The molecule has 0 aromatic rings. The topological polar surface area (TPSA) is 335 Å². The number of rotatable bonds is 10. The van der Waals surface area contributed by atoms with E-state index >= 15 is 0 Å². The van der Waals surface area contributed by atoms with Gasteiger partial charge in [0, 0.05) is 12.6 Å². The summed E-state index contributed by atoms with van der Waals surface area (Å²) in [4.78, 5) is 12.6. The summed E-state index contributed by atoms with van der Waals surface area (Å²) in [6.45, 7) is -0.826. The van der Waals surface area contributed by atoms with Crippen molar-refractivity contribution in [2.45, 2.75) is 105 Å². The number of nitrogens with zero attached hydrogens (tertiary/aromatic N) is 1. The third-order valence-electron chi connectivity index (χ3n) is 7.56. The number of aliphatic hydroxyl groups excluding tert-OH is 7. The van der Waals surface area contributed by atoms with Crippen LogP contribution in [-0.2, 0) is 18.9 Å². The van der Waals surface area contributed by atoms with Crippen molar-refractivity contribution in [3.63, 3.8) is 0 Å². The number of hydrogen-bond acceptors (Lipinski definition) is 17. The second-order valence-electron chi connectivity index (χ2n) is 10.4. The molecule has 2 amide bonds. The summed E-state index contributed by atoms with van der Waals surface area (Å²) in [5, 5.41) is 85.3. The van der Waals surface area contributed by atoms with E-state index < -0.39 is 104 Å². The molecule has 0 aromatic heterocycles. The minimum absolute atomic E-state index is 0.107. The predicted molar refractivity (Wildman–Crippen MR) is 134 cm³/mol. The molecule has 41 heavy (non-hydrogen) atoms. The molecule has 2 aliphatic heterocycles. The van der Waals surface area contributed by atoms with Gasteiger partial charge >= 0.3 is 6.03 Å². The molecule has 3 fully saturated rings. The predicted octanol–water partition coefficient (Wildman–Crippen LogP) is -7.50. The smallest absolute Gasteiger partial charge is 0.341 e. The lowest BCUT2D eigenvalue weighted by molar-refractivity contribution is -0.332. The van der Waals surface area contributed by atoms with Crippen LogP contribution in [0.1, 0.15) is 12.8 Å². The average molecular weight is 601 g/mol. The van der Waals surface area contributed by atoms with E-state index in [1.165, 1.54) is 0 Å². The lowest BCUT2D eigenvalue weighted by atomic mass is 9.83. The van der Waals surface area contributed by atoms with Gasteiger partial charge < -0.3 is 82.9 Å². The number of urea groups is 1. The van der Waals surface area contributed by atoms with Crippen LogP contribution in [0.25, 0.3) is 0 Å². The number of nitrogens with one attached hydrogen (secondary N) is 1. The van der Waals surface area contributed by atoms with Gasteiger partial charge in [0.05, 0.1) is 25.2 Å². The Morgan fingerprint density at radius 2 is 1.46 bits per heavy atom. The van der Waals surface area contributed by atoms with E-state index in [4.69, 9.17) is 41.9 Å². The summed E-state index contributed by atoms with van der Waals surface area (Å²) in [5.41, 5.74) is 23.1. The van der Waals surface area contributed by atoms with Crippen LogP contribution in [0.3, 0.4) is 0 Å². The number of hydroxylamine groups is 2. The number of carbonyl (C=O) groups is 1. The van der Waals surface area contributed by atoms with Crippen LogP contribution in [0.4, 0.5) is 4.79 Å². The Kier molecular flexibility index (Phi) is 12.4. The molecule has 0 bridgehead atoms. The van der Waals surface area contributed by atoms with Gasteiger partial charge in [-0.05, 0) is 19.4 Å². The largest absolute Gasteiger partial charge is 0.394 e. The Morgan fingerprint density at radius 3 is 2.07 bits per heavy atom. The van der Waals surface area contributed by atoms with Gasteiger partial charge in [-0.2, -0.15) is 0 Å². The van der Waals surface area contributed by atoms with Crippen LogP contribution in [0.2, 0.25) is 0 Å². The lowest BCUT2D eigenvalue weighted by Gasteiger charge is -2.48. The minimum Gasteiger partial charge on any atom is -0.394 e. The zero-order valence-electron chi connectivity index (χ0n) is 22.3. The molecule has 0 radical (unpaired) electrons. The zero-order chi connectivity index (χ0) is 30.6. The van der Waals surface area contributed by atoms with E-state index in [0.717, 1.165) is 0 Å². The quantitative estimate of drug-likeness (QED) is 0.0817. The number of amides is 2. The zero-order valence-corrected chi connectivity index (χ0v) is 22.3. The van der Waals surface area contributed by atoms with E-state index in [2.05, 4.69) is 5.32 Å². The molecule has 19 nitrogen and oxygen atoms in total. The highest BCUT2D eigenvalue weighted by atomic mass is 16.7. The highest BCUT2D eigenvalue weighted by Gasteiger charge is 2.52. The van der Waals surface area contributed by atoms with Crippen molar-refractivity contribution in [3.05, 3.63) is 0 Å². The second-order valence-corrected chi connectivity index (χ2v) is 10.4. The molecule has 3 rings (SSSR count). The molecule has 0 aromatic carbocycles. The van der Waals surface area contributed by atoms with Crippen LogP contribution in [-0.4, -0.2) is 170 Å². The van der Waals surface area contributed by atoms with Crippen molar-refractivity contribution < 1.29 is 64.7 Å². The maximum Gasteiger partial charge on any atom is 0.341 e. The normalized spacial score (nSPS) is 45.3. The van der Waals surface area contributed by atoms with E-state index in [1.54, 1.807) is 0 Å². The van der Waals surface area contributed by atoms with E-state index in [0.29, 0.717) is 5.06 Å². The third-order valence-corrected chi connectivity index (χ3v) is 7.56. The Morgan fingerprint density at radius 1 is 0.854 bits per heavy atom. The number of aliphatic hydroxyl groups is 7. The van der Waals surface area contributed by atoms with Crippen molar-refractivity contribution in [1.29, 1.82) is 0 Å². The fraction of sp³-hybridized carbons (Fsp3) is 0.955. The van der Waals surface area contributed by atoms with Crippen molar-refractivity contribution in [3.8, 4) is 0 Å². The van der Waals surface area contributed by atoms with Crippen molar-refractivity contribution >= 4 is 6.03 Å². The first-order valence-electron chi connectivity index (χ1n) is 13.3. The molecule has 0 unspecified atom stereocenters. The van der Waals surface area contributed by atoms with Gasteiger partial charge in [0.25, 0.3) is 0 Å². The first-order valence-corrected chi connectivity index (χ1v) is 13.3. The number of carbonyl (C=O) groups excluding carboxylic acids is 1. The molecule has 3 aliphatic rings. The molecule has 240 valence electrons. The van der Waals surface area contributed by atoms with Gasteiger partial charge in [0.1, 0.15) is 61.0 Å². The molecular formula is C22H44N6O13. The molecule has 2 heterocycles. The van der Waals surface area contributed by atoms with E-state index in [-0.39, 0.29) is 32.5 Å². The molecule has 1 saturated carbocycles. The summed E-state index contributed by atoms with van der Waals surface area (Å²) >= 11 is 0. The van der Waals surface area contributed by atoms with Gasteiger partial charge in [-0.25, -0.2) is 9.86 Å². The molecule has 19 heteroatoms. The average Bonchev–Trinajstić information content (AvgIpc) is 2.95.